The van der Waals surface area contributed by atoms with Crippen LogP contribution in [0, 0.1) is 0 Å². The Labute approximate surface area is 105 Å². The van der Waals surface area contributed by atoms with Gasteiger partial charge in [-0.25, -0.2) is 8.42 Å². The number of Topliss-reactive ketones (excluding diaryl/α,β-unsaturated/α-hetero) is 1. The highest BCUT2D eigenvalue weighted by Crippen LogP contribution is 2.41. The third-order valence-electron chi connectivity index (χ3n) is 2.39. The second kappa shape index (κ2) is 4.66. The lowest BCUT2D eigenvalue weighted by molar-refractivity contribution is 0.102. The Balaban J connectivity index is 3.60. The van der Waals surface area contributed by atoms with Gasteiger partial charge in [0.25, 0.3) is 0 Å². The molecule has 1 aromatic heterocycles. The molecule has 1 rings (SSSR count). The van der Waals surface area contributed by atoms with E-state index in [0.29, 0.717) is 16.4 Å². The van der Waals surface area contributed by atoms with Gasteiger partial charge in [-0.05, 0) is 6.92 Å². The first-order chi connectivity index (χ1) is 7.70. The van der Waals surface area contributed by atoms with Crippen molar-refractivity contribution in [3.63, 3.8) is 0 Å². The molecule has 2 N–H and O–H groups in total. The summed E-state index contributed by atoms with van der Waals surface area (Å²) < 4.78 is 23.4. The fraction of sp³-hybridized carbons (Fsp3) is 0.500. The lowest BCUT2D eigenvalue weighted by Crippen LogP contribution is -2.17. The van der Waals surface area contributed by atoms with Gasteiger partial charge < -0.3 is 10.6 Å². The topological polar surface area (TPSA) is 80.5 Å². The second-order valence-electron chi connectivity index (χ2n) is 3.82. The molecule has 0 aliphatic carbocycles. The number of hydrogen-bond acceptors (Lipinski definition) is 6. The number of sulfone groups is 1. The molecule has 0 unspecified atom stereocenters. The summed E-state index contributed by atoms with van der Waals surface area (Å²) >= 11 is 1.13. The van der Waals surface area contributed by atoms with Gasteiger partial charge in [0.2, 0.25) is 0 Å². The minimum atomic E-state index is -3.44. The van der Waals surface area contributed by atoms with Crippen molar-refractivity contribution < 1.29 is 13.2 Å². The van der Waals surface area contributed by atoms with Crippen molar-refractivity contribution in [3.8, 4) is 0 Å². The molecule has 1 heterocycles. The number of carbonyl (C=O) groups is 1. The van der Waals surface area contributed by atoms with Crippen LogP contribution >= 0.6 is 11.3 Å². The molecule has 0 aliphatic rings. The maximum atomic E-state index is 11.7. The number of nitrogens with zero attached hydrogens (tertiary/aromatic N) is 1. The normalized spacial score (nSPS) is 11.5. The van der Waals surface area contributed by atoms with Crippen LogP contribution in [-0.2, 0) is 9.84 Å². The van der Waals surface area contributed by atoms with E-state index in [-0.39, 0.29) is 16.4 Å². The fourth-order valence-electron chi connectivity index (χ4n) is 1.43. The van der Waals surface area contributed by atoms with E-state index in [1.54, 1.807) is 11.9 Å². The number of anilines is 2. The van der Waals surface area contributed by atoms with Crippen molar-refractivity contribution in [3.05, 3.63) is 4.88 Å². The zero-order valence-electron chi connectivity index (χ0n) is 10.3. The average molecular weight is 276 g/mol. The van der Waals surface area contributed by atoms with Gasteiger partial charge >= 0.3 is 0 Å². The quantitative estimate of drug-likeness (QED) is 0.841. The van der Waals surface area contributed by atoms with Gasteiger partial charge in [0.15, 0.2) is 15.6 Å². The summed E-state index contributed by atoms with van der Waals surface area (Å²) in [5, 5.41) is 0.526. The van der Waals surface area contributed by atoms with E-state index in [2.05, 4.69) is 0 Å². The molecule has 0 aromatic carbocycles. The van der Waals surface area contributed by atoms with Gasteiger partial charge in [-0.3, -0.25) is 4.79 Å². The SMILES string of the molecule is CCN(C)c1sc(C(C)=O)c(N)c1S(C)(=O)=O. The molecule has 0 radical (unpaired) electrons. The molecule has 0 saturated carbocycles. The molecule has 1 aromatic rings. The summed E-state index contributed by atoms with van der Waals surface area (Å²) in [6, 6.07) is 0. The number of nitrogens with two attached hydrogens (primary N) is 1. The first kappa shape index (κ1) is 14.0. The molecule has 0 saturated heterocycles. The predicted molar refractivity (Wildman–Crippen MR) is 70.8 cm³/mol. The van der Waals surface area contributed by atoms with Crippen LogP contribution in [0.1, 0.15) is 23.5 Å². The number of thiophene rings is 1. The predicted octanol–water partition coefficient (Wildman–Crippen LogP) is 1.39. The van der Waals surface area contributed by atoms with Crippen molar-refractivity contribution in [1.29, 1.82) is 0 Å². The van der Waals surface area contributed by atoms with E-state index >= 15 is 0 Å². The van der Waals surface area contributed by atoms with E-state index in [4.69, 9.17) is 5.73 Å². The Morgan fingerprint density at radius 2 is 2.00 bits per heavy atom. The van der Waals surface area contributed by atoms with Crippen LogP contribution in [0.2, 0.25) is 0 Å². The lowest BCUT2D eigenvalue weighted by Gasteiger charge is -2.15. The van der Waals surface area contributed by atoms with Gasteiger partial charge in [-0.15, -0.1) is 11.3 Å². The lowest BCUT2D eigenvalue weighted by atomic mass is 10.3. The summed E-state index contributed by atoms with van der Waals surface area (Å²) in [4.78, 5) is 13.5. The molecule has 96 valence electrons. The van der Waals surface area contributed by atoms with Gasteiger partial charge in [0, 0.05) is 26.8 Å². The Bertz CT molecular complexity index is 546. The van der Waals surface area contributed by atoms with E-state index in [1.807, 2.05) is 6.92 Å². The van der Waals surface area contributed by atoms with Gasteiger partial charge in [-0.2, -0.15) is 0 Å². The Morgan fingerprint density at radius 1 is 1.47 bits per heavy atom. The molecule has 0 spiro atoms. The summed E-state index contributed by atoms with van der Waals surface area (Å²) in [6.07, 6.45) is 1.10. The molecule has 0 amide bonds. The third-order valence-corrected chi connectivity index (χ3v) is 5.10. The van der Waals surface area contributed by atoms with E-state index in [1.165, 1.54) is 6.92 Å². The Hall–Kier alpha value is -1.08. The molecular formula is C10H16N2O3S2. The maximum absolute atomic E-state index is 11.7. The summed E-state index contributed by atoms with van der Waals surface area (Å²) in [7, 11) is -1.67. The van der Waals surface area contributed by atoms with Gasteiger partial charge in [0.1, 0.15) is 9.90 Å². The fourth-order valence-corrected chi connectivity index (χ4v) is 4.09. The minimum Gasteiger partial charge on any atom is -0.396 e. The molecule has 0 fully saturated rings. The molecule has 0 bridgehead atoms. The summed E-state index contributed by atoms with van der Waals surface area (Å²) in [5.41, 5.74) is 5.84. The van der Waals surface area contributed by atoms with E-state index in [0.717, 1.165) is 17.6 Å². The zero-order chi connectivity index (χ0) is 13.4. The molecule has 0 atom stereocenters. The molecule has 0 aliphatic heterocycles. The molecule has 5 nitrogen and oxygen atoms in total. The molecule has 17 heavy (non-hydrogen) atoms. The van der Waals surface area contributed by atoms with Crippen LogP contribution in [0.15, 0.2) is 4.90 Å². The van der Waals surface area contributed by atoms with E-state index < -0.39 is 9.84 Å². The highest BCUT2D eigenvalue weighted by molar-refractivity contribution is 7.91. The summed E-state index contributed by atoms with van der Waals surface area (Å²) in [6.45, 7) is 3.92. The first-order valence-electron chi connectivity index (χ1n) is 5.04. The van der Waals surface area contributed by atoms with Crippen molar-refractivity contribution in [2.75, 3.05) is 30.5 Å². The van der Waals surface area contributed by atoms with Crippen molar-refractivity contribution in [2.45, 2.75) is 18.7 Å². The van der Waals surface area contributed by atoms with Crippen LogP contribution in [0.25, 0.3) is 0 Å². The largest absolute Gasteiger partial charge is 0.396 e. The van der Waals surface area contributed by atoms with Crippen LogP contribution in [-0.4, -0.2) is 34.0 Å². The average Bonchev–Trinajstić information content (AvgIpc) is 2.54. The second-order valence-corrected chi connectivity index (χ2v) is 6.77. The smallest absolute Gasteiger partial charge is 0.180 e. The van der Waals surface area contributed by atoms with E-state index in [9.17, 15) is 13.2 Å². The maximum Gasteiger partial charge on any atom is 0.180 e. The van der Waals surface area contributed by atoms with Crippen LogP contribution in [0.4, 0.5) is 10.7 Å². The Morgan fingerprint density at radius 3 is 2.35 bits per heavy atom. The van der Waals surface area contributed by atoms with Crippen molar-refractivity contribution in [1.82, 2.24) is 0 Å². The highest BCUT2D eigenvalue weighted by Gasteiger charge is 2.27. The van der Waals surface area contributed by atoms with Crippen LogP contribution < -0.4 is 10.6 Å². The number of rotatable bonds is 4. The highest BCUT2D eigenvalue weighted by atomic mass is 32.2. The summed E-state index contributed by atoms with van der Waals surface area (Å²) in [5.74, 6) is -0.215. The van der Waals surface area contributed by atoms with Gasteiger partial charge in [0.05, 0.1) is 10.6 Å². The number of carbonyl (C=O) groups excluding carboxylic acids is 1. The van der Waals surface area contributed by atoms with Crippen LogP contribution in [0.3, 0.4) is 0 Å². The van der Waals surface area contributed by atoms with Crippen molar-refractivity contribution in [2.24, 2.45) is 0 Å². The van der Waals surface area contributed by atoms with Gasteiger partial charge in [-0.1, -0.05) is 0 Å². The van der Waals surface area contributed by atoms with Crippen LogP contribution in [0.5, 0.6) is 0 Å². The van der Waals surface area contributed by atoms with Crippen molar-refractivity contribution >= 4 is 37.6 Å². The zero-order valence-corrected chi connectivity index (χ0v) is 11.9. The monoisotopic (exact) mass is 276 g/mol. The Kier molecular flexibility index (Phi) is 3.83. The number of hydrogen-bond donors (Lipinski definition) is 1. The standard InChI is InChI=1S/C10H16N2O3S2/c1-5-12(3)10-9(17(4,14)15)7(11)8(16-10)6(2)13/h5,11H2,1-4H3. The minimum absolute atomic E-state index is 0.0667. The molecule has 7 heteroatoms. The first-order valence-corrected chi connectivity index (χ1v) is 7.75. The number of nitrogen functional groups attached to an aromatic ring is 1. The molecular weight excluding hydrogens is 260 g/mol. The third kappa shape index (κ3) is 2.61. The number of ketones is 1.